The second kappa shape index (κ2) is 7.16. The smallest absolute Gasteiger partial charge is 0.165 e. The molecule has 1 atom stereocenters. The van der Waals surface area contributed by atoms with Crippen molar-refractivity contribution in [1.29, 1.82) is 0 Å². The topological polar surface area (TPSA) is 30.9 Å². The third-order valence-electron chi connectivity index (χ3n) is 3.69. The van der Waals surface area contributed by atoms with E-state index in [0.717, 1.165) is 37.6 Å². The van der Waals surface area contributed by atoms with Crippen LogP contribution in [0.4, 0.5) is 0 Å². The van der Waals surface area contributed by atoms with Crippen molar-refractivity contribution >= 4 is 11.6 Å². The van der Waals surface area contributed by atoms with Gasteiger partial charge in [0.15, 0.2) is 11.5 Å². The maximum absolute atomic E-state index is 6.15. The molecule has 1 aliphatic heterocycles. The highest BCUT2D eigenvalue weighted by Crippen LogP contribution is 2.35. The number of halogens is 1. The molecule has 1 heterocycles. The molecule has 0 aromatic heterocycles. The van der Waals surface area contributed by atoms with E-state index in [0.29, 0.717) is 16.7 Å². The molecule has 1 aliphatic rings. The number of nitrogens with zero attached hydrogens (tertiary/aromatic N) is 1. The predicted octanol–water partition coefficient (Wildman–Crippen LogP) is 2.83. The van der Waals surface area contributed by atoms with Crippen LogP contribution >= 0.6 is 11.6 Å². The SMILES string of the molecule is COCC1CCN(Cc2cc(Cl)cc(OC)c2OC)C1. The lowest BCUT2D eigenvalue weighted by molar-refractivity contribution is 0.152. The van der Waals surface area contributed by atoms with Gasteiger partial charge in [0.05, 0.1) is 20.8 Å². The zero-order chi connectivity index (χ0) is 14.5. The highest BCUT2D eigenvalue weighted by atomic mass is 35.5. The van der Waals surface area contributed by atoms with Crippen LogP contribution in [-0.2, 0) is 11.3 Å². The van der Waals surface area contributed by atoms with Gasteiger partial charge in [-0.3, -0.25) is 4.90 Å². The molecule has 20 heavy (non-hydrogen) atoms. The van der Waals surface area contributed by atoms with Crippen molar-refractivity contribution < 1.29 is 14.2 Å². The molecule has 4 nitrogen and oxygen atoms in total. The van der Waals surface area contributed by atoms with Gasteiger partial charge in [-0.15, -0.1) is 0 Å². The van der Waals surface area contributed by atoms with E-state index < -0.39 is 0 Å². The molecule has 0 bridgehead atoms. The summed E-state index contributed by atoms with van der Waals surface area (Å²) in [5, 5.41) is 0.672. The summed E-state index contributed by atoms with van der Waals surface area (Å²) in [6.07, 6.45) is 1.17. The summed E-state index contributed by atoms with van der Waals surface area (Å²) in [4.78, 5) is 2.40. The molecule has 0 radical (unpaired) electrons. The summed E-state index contributed by atoms with van der Waals surface area (Å²) in [5.41, 5.74) is 1.06. The first-order valence-electron chi connectivity index (χ1n) is 6.79. The third-order valence-corrected chi connectivity index (χ3v) is 3.91. The van der Waals surface area contributed by atoms with Crippen LogP contribution in [0.3, 0.4) is 0 Å². The summed E-state index contributed by atoms with van der Waals surface area (Å²) in [5.74, 6) is 2.07. The molecule has 1 unspecified atom stereocenters. The Labute approximate surface area is 125 Å². The van der Waals surface area contributed by atoms with E-state index >= 15 is 0 Å². The van der Waals surface area contributed by atoms with Crippen molar-refractivity contribution in [1.82, 2.24) is 4.90 Å². The van der Waals surface area contributed by atoms with E-state index in [9.17, 15) is 0 Å². The highest BCUT2D eigenvalue weighted by molar-refractivity contribution is 6.30. The van der Waals surface area contributed by atoms with E-state index in [1.165, 1.54) is 6.42 Å². The van der Waals surface area contributed by atoms with Gasteiger partial charge in [-0.2, -0.15) is 0 Å². The molecule has 0 N–H and O–H groups in total. The average molecular weight is 300 g/mol. The van der Waals surface area contributed by atoms with Crippen LogP contribution in [0.15, 0.2) is 12.1 Å². The minimum Gasteiger partial charge on any atom is -0.493 e. The number of methoxy groups -OCH3 is 3. The van der Waals surface area contributed by atoms with E-state index in [1.807, 2.05) is 6.07 Å². The Morgan fingerprint density at radius 2 is 2.05 bits per heavy atom. The summed E-state index contributed by atoms with van der Waals surface area (Å²) < 4.78 is 16.0. The maximum Gasteiger partial charge on any atom is 0.165 e. The van der Waals surface area contributed by atoms with E-state index in [1.54, 1.807) is 27.4 Å². The predicted molar refractivity (Wildman–Crippen MR) is 79.8 cm³/mol. The lowest BCUT2D eigenvalue weighted by atomic mass is 10.1. The second-order valence-electron chi connectivity index (χ2n) is 5.15. The Hall–Kier alpha value is -0.970. The maximum atomic E-state index is 6.15. The quantitative estimate of drug-likeness (QED) is 0.808. The van der Waals surface area contributed by atoms with Gasteiger partial charge >= 0.3 is 0 Å². The molecule has 5 heteroatoms. The van der Waals surface area contributed by atoms with Gasteiger partial charge in [0.2, 0.25) is 0 Å². The van der Waals surface area contributed by atoms with Crippen molar-refractivity contribution in [3.05, 3.63) is 22.7 Å². The largest absolute Gasteiger partial charge is 0.493 e. The standard InChI is InChI=1S/C15H22ClNO3/c1-18-10-11-4-5-17(8-11)9-12-6-13(16)7-14(19-2)15(12)20-3/h6-7,11H,4-5,8-10H2,1-3H3. The molecular weight excluding hydrogens is 278 g/mol. The normalized spacial score (nSPS) is 19.3. The van der Waals surface area contributed by atoms with Gasteiger partial charge < -0.3 is 14.2 Å². The molecule has 0 saturated carbocycles. The van der Waals surface area contributed by atoms with Crippen LogP contribution in [0.25, 0.3) is 0 Å². The second-order valence-corrected chi connectivity index (χ2v) is 5.58. The minimum absolute atomic E-state index is 0.618. The Morgan fingerprint density at radius 3 is 2.70 bits per heavy atom. The zero-order valence-corrected chi connectivity index (χ0v) is 13.1. The van der Waals surface area contributed by atoms with Crippen molar-refractivity contribution in [3.63, 3.8) is 0 Å². The van der Waals surface area contributed by atoms with Gasteiger partial charge in [-0.25, -0.2) is 0 Å². The number of ether oxygens (including phenoxy) is 3. The molecule has 0 aliphatic carbocycles. The lowest BCUT2D eigenvalue weighted by Crippen LogP contribution is -2.21. The highest BCUT2D eigenvalue weighted by Gasteiger charge is 2.24. The number of likely N-dealkylation sites (tertiary alicyclic amines) is 1. The summed E-state index contributed by atoms with van der Waals surface area (Å²) in [6.45, 7) is 3.77. The first kappa shape index (κ1) is 15.4. The molecule has 1 aromatic carbocycles. The zero-order valence-electron chi connectivity index (χ0n) is 12.3. The monoisotopic (exact) mass is 299 g/mol. The molecule has 2 rings (SSSR count). The van der Waals surface area contributed by atoms with Crippen molar-refractivity contribution in [2.24, 2.45) is 5.92 Å². The number of rotatable bonds is 6. The fraction of sp³-hybridized carbons (Fsp3) is 0.600. The number of hydrogen-bond donors (Lipinski definition) is 0. The fourth-order valence-electron chi connectivity index (χ4n) is 2.79. The van der Waals surface area contributed by atoms with Crippen molar-refractivity contribution in [2.45, 2.75) is 13.0 Å². The Balaban J connectivity index is 2.11. The Bertz CT molecular complexity index is 453. The number of hydrogen-bond acceptors (Lipinski definition) is 4. The molecule has 0 amide bonds. The average Bonchev–Trinajstić information content (AvgIpc) is 2.86. The number of benzene rings is 1. The first-order chi connectivity index (χ1) is 9.67. The minimum atomic E-state index is 0.618. The fourth-order valence-corrected chi connectivity index (χ4v) is 3.02. The first-order valence-corrected chi connectivity index (χ1v) is 7.17. The van der Waals surface area contributed by atoms with Gasteiger partial charge in [-0.05, 0) is 24.9 Å². The van der Waals surface area contributed by atoms with E-state index in [-0.39, 0.29) is 0 Å². The van der Waals surface area contributed by atoms with Crippen LogP contribution in [0.2, 0.25) is 5.02 Å². The van der Waals surface area contributed by atoms with Crippen molar-refractivity contribution in [3.8, 4) is 11.5 Å². The van der Waals surface area contributed by atoms with Crippen molar-refractivity contribution in [2.75, 3.05) is 41.0 Å². The molecule has 112 valence electrons. The van der Waals surface area contributed by atoms with E-state index in [4.69, 9.17) is 25.8 Å². The van der Waals surface area contributed by atoms with Crippen LogP contribution < -0.4 is 9.47 Å². The van der Waals surface area contributed by atoms with E-state index in [2.05, 4.69) is 4.90 Å². The molecule has 1 fully saturated rings. The summed E-state index contributed by atoms with van der Waals surface area (Å²) in [6, 6.07) is 3.73. The van der Waals surface area contributed by atoms with Gasteiger partial charge in [-0.1, -0.05) is 11.6 Å². The van der Waals surface area contributed by atoms with Crippen LogP contribution in [-0.4, -0.2) is 45.9 Å². The Kier molecular flexibility index (Phi) is 5.52. The van der Waals surface area contributed by atoms with Gasteiger partial charge in [0.1, 0.15) is 0 Å². The molecular formula is C15H22ClNO3. The van der Waals surface area contributed by atoms with Crippen LogP contribution in [0.5, 0.6) is 11.5 Å². The lowest BCUT2D eigenvalue weighted by Gasteiger charge is -2.19. The van der Waals surface area contributed by atoms with Crippen LogP contribution in [0.1, 0.15) is 12.0 Å². The summed E-state index contributed by atoms with van der Waals surface area (Å²) >= 11 is 6.15. The molecule has 1 aromatic rings. The van der Waals surface area contributed by atoms with Crippen LogP contribution in [0, 0.1) is 5.92 Å². The third kappa shape index (κ3) is 3.57. The Morgan fingerprint density at radius 1 is 1.25 bits per heavy atom. The molecule has 1 saturated heterocycles. The molecule has 0 spiro atoms. The summed E-state index contributed by atoms with van der Waals surface area (Å²) in [7, 11) is 5.04. The van der Waals surface area contributed by atoms with Gasteiger partial charge in [0.25, 0.3) is 0 Å². The van der Waals surface area contributed by atoms with Gasteiger partial charge in [0, 0.05) is 36.9 Å².